The van der Waals surface area contributed by atoms with Gasteiger partial charge in [-0.2, -0.15) is 0 Å². The van der Waals surface area contributed by atoms with Crippen LogP contribution in [0, 0.1) is 0 Å². The van der Waals surface area contributed by atoms with Crippen LogP contribution >= 0.6 is 0 Å². The van der Waals surface area contributed by atoms with Crippen LogP contribution in [0.5, 0.6) is 5.75 Å². The average molecular weight is 403 g/mol. The number of hydrogen-bond donors (Lipinski definition) is 1. The first kappa shape index (κ1) is 20.2. The maximum atomic E-state index is 13.4. The van der Waals surface area contributed by atoms with Gasteiger partial charge in [0.25, 0.3) is 15.9 Å². The largest absolute Gasteiger partial charge is 0.476 e. The summed E-state index contributed by atoms with van der Waals surface area (Å²) in [5.74, 6) is 0.0521. The summed E-state index contributed by atoms with van der Waals surface area (Å²) in [7, 11) is -3.85. The fourth-order valence-electron chi connectivity index (χ4n) is 3.09. The van der Waals surface area contributed by atoms with Gasteiger partial charge in [-0.1, -0.05) is 45.0 Å². The zero-order chi connectivity index (χ0) is 20.5. The van der Waals surface area contributed by atoms with Gasteiger partial charge in [0.15, 0.2) is 6.10 Å². The third-order valence-electron chi connectivity index (χ3n) is 4.67. The number of anilines is 1. The van der Waals surface area contributed by atoms with Crippen LogP contribution in [0.3, 0.4) is 0 Å². The molecule has 0 spiro atoms. The van der Waals surface area contributed by atoms with Crippen molar-refractivity contribution in [2.45, 2.75) is 44.1 Å². The highest BCUT2D eigenvalue weighted by atomic mass is 32.2. The predicted molar refractivity (Wildman–Crippen MR) is 109 cm³/mol. The quantitative estimate of drug-likeness (QED) is 0.853. The number of carbonyl (C=O) groups is 1. The van der Waals surface area contributed by atoms with Crippen LogP contribution in [0.15, 0.2) is 53.4 Å². The summed E-state index contributed by atoms with van der Waals surface area (Å²) in [5.41, 5.74) is 1.28. The molecule has 1 unspecified atom stereocenters. The number of sulfonamides is 1. The lowest BCUT2D eigenvalue weighted by Crippen LogP contribution is -2.50. The second-order valence-corrected chi connectivity index (χ2v) is 9.65. The summed E-state index contributed by atoms with van der Waals surface area (Å²) in [6, 6.07) is 13.7. The monoisotopic (exact) mass is 402 g/mol. The Kier molecular flexibility index (Phi) is 5.39. The molecule has 0 bridgehead atoms. The number of nitrogens with zero attached hydrogens (tertiary/aromatic N) is 1. The zero-order valence-electron chi connectivity index (χ0n) is 16.6. The van der Waals surface area contributed by atoms with E-state index in [2.05, 4.69) is 26.1 Å². The minimum absolute atomic E-state index is 0.0797. The van der Waals surface area contributed by atoms with Crippen molar-refractivity contribution < 1.29 is 17.9 Å². The van der Waals surface area contributed by atoms with E-state index in [-0.39, 0.29) is 22.8 Å². The smallest absolute Gasteiger partial charge is 0.264 e. The van der Waals surface area contributed by atoms with Gasteiger partial charge >= 0.3 is 0 Å². The molecule has 3 rings (SSSR count). The van der Waals surface area contributed by atoms with Gasteiger partial charge in [-0.3, -0.25) is 9.10 Å². The Balaban J connectivity index is 2.12. The molecule has 0 saturated heterocycles. The molecule has 1 amide bonds. The van der Waals surface area contributed by atoms with Gasteiger partial charge in [-0.25, -0.2) is 8.42 Å². The van der Waals surface area contributed by atoms with Crippen LogP contribution in [0.2, 0.25) is 0 Å². The molecule has 150 valence electrons. The van der Waals surface area contributed by atoms with Gasteiger partial charge < -0.3 is 10.1 Å². The first-order valence-corrected chi connectivity index (χ1v) is 10.8. The Morgan fingerprint density at radius 2 is 1.86 bits per heavy atom. The number of rotatable bonds is 4. The number of ether oxygens (including phenoxy) is 1. The first-order chi connectivity index (χ1) is 13.1. The summed E-state index contributed by atoms with van der Waals surface area (Å²) < 4.78 is 33.9. The second kappa shape index (κ2) is 7.47. The van der Waals surface area contributed by atoms with Crippen LogP contribution in [-0.4, -0.2) is 33.5 Å². The highest BCUT2D eigenvalue weighted by molar-refractivity contribution is 7.92. The molecule has 1 aliphatic heterocycles. The molecular formula is C21H26N2O4S. The number of amides is 1. The third-order valence-corrected chi connectivity index (χ3v) is 6.46. The molecule has 0 aromatic heterocycles. The van der Waals surface area contributed by atoms with Gasteiger partial charge in [-0.15, -0.1) is 0 Å². The lowest BCUT2D eigenvalue weighted by molar-refractivity contribution is -0.127. The van der Waals surface area contributed by atoms with Crippen molar-refractivity contribution in [3.05, 3.63) is 54.1 Å². The van der Waals surface area contributed by atoms with Crippen molar-refractivity contribution in [3.63, 3.8) is 0 Å². The van der Waals surface area contributed by atoms with E-state index in [0.29, 0.717) is 18.0 Å². The molecular weight excluding hydrogens is 376 g/mol. The zero-order valence-corrected chi connectivity index (χ0v) is 17.4. The van der Waals surface area contributed by atoms with Gasteiger partial charge in [0.05, 0.1) is 17.1 Å². The van der Waals surface area contributed by atoms with E-state index in [1.807, 2.05) is 19.1 Å². The van der Waals surface area contributed by atoms with Gasteiger partial charge in [0.2, 0.25) is 0 Å². The van der Waals surface area contributed by atoms with Crippen molar-refractivity contribution in [2.24, 2.45) is 0 Å². The Bertz CT molecular complexity index is 966. The highest BCUT2D eigenvalue weighted by Crippen LogP contribution is 2.40. The standard InChI is InChI=1S/C21H26N2O4S/c1-5-22-20(24)19-14-23(28(25,26)16-9-7-6-8-10-16)17-13-15(21(2,3)4)11-12-18(17)27-19/h6-13,19H,5,14H2,1-4H3,(H,22,24). The average Bonchev–Trinajstić information content (AvgIpc) is 2.66. The van der Waals surface area contributed by atoms with Crippen molar-refractivity contribution >= 4 is 21.6 Å². The Labute approximate surface area is 166 Å². The third kappa shape index (κ3) is 3.85. The number of benzene rings is 2. The summed E-state index contributed by atoms with van der Waals surface area (Å²) >= 11 is 0. The highest BCUT2D eigenvalue weighted by Gasteiger charge is 2.38. The number of fused-ring (bicyclic) bond motifs is 1. The van der Waals surface area contributed by atoms with Crippen molar-refractivity contribution in [2.75, 3.05) is 17.4 Å². The van der Waals surface area contributed by atoms with Crippen LogP contribution < -0.4 is 14.4 Å². The number of carbonyl (C=O) groups excluding carboxylic acids is 1. The number of likely N-dealkylation sites (N-methyl/N-ethyl adjacent to an activating group) is 1. The topological polar surface area (TPSA) is 75.7 Å². The fraction of sp³-hybridized carbons (Fsp3) is 0.381. The lowest BCUT2D eigenvalue weighted by atomic mass is 9.86. The van der Waals surface area contributed by atoms with E-state index in [1.165, 1.54) is 4.31 Å². The van der Waals surface area contributed by atoms with Crippen LogP contribution in [0.25, 0.3) is 0 Å². The molecule has 6 nitrogen and oxygen atoms in total. The van der Waals surface area contributed by atoms with E-state index in [1.54, 1.807) is 36.4 Å². The maximum absolute atomic E-state index is 13.4. The summed E-state index contributed by atoms with van der Waals surface area (Å²) in [6.07, 6.45) is -0.911. The summed E-state index contributed by atoms with van der Waals surface area (Å²) in [4.78, 5) is 12.6. The number of nitrogens with one attached hydrogen (secondary N) is 1. The molecule has 0 aliphatic carbocycles. The maximum Gasteiger partial charge on any atom is 0.264 e. The number of hydrogen-bond acceptors (Lipinski definition) is 4. The molecule has 1 aliphatic rings. The van der Waals surface area contributed by atoms with E-state index in [4.69, 9.17) is 4.74 Å². The van der Waals surface area contributed by atoms with Gasteiger partial charge in [0, 0.05) is 6.54 Å². The molecule has 1 atom stereocenters. The van der Waals surface area contributed by atoms with Gasteiger partial charge in [-0.05, 0) is 42.2 Å². The Morgan fingerprint density at radius 3 is 2.46 bits per heavy atom. The fourth-order valence-corrected chi connectivity index (χ4v) is 4.58. The van der Waals surface area contributed by atoms with Crippen LogP contribution in [0.4, 0.5) is 5.69 Å². The minimum Gasteiger partial charge on any atom is -0.476 e. The molecule has 1 heterocycles. The molecule has 1 N–H and O–H groups in total. The SMILES string of the molecule is CCNC(=O)C1CN(S(=O)(=O)c2ccccc2)c2cc(C(C)(C)C)ccc2O1. The molecule has 2 aromatic carbocycles. The normalized spacial score (nSPS) is 16.9. The van der Waals surface area contributed by atoms with Crippen molar-refractivity contribution in [1.82, 2.24) is 5.32 Å². The van der Waals surface area contributed by atoms with E-state index in [9.17, 15) is 13.2 Å². The molecule has 28 heavy (non-hydrogen) atoms. The van der Waals surface area contributed by atoms with E-state index in [0.717, 1.165) is 5.56 Å². The van der Waals surface area contributed by atoms with Crippen molar-refractivity contribution in [1.29, 1.82) is 0 Å². The van der Waals surface area contributed by atoms with Crippen LogP contribution in [0.1, 0.15) is 33.3 Å². The second-order valence-electron chi connectivity index (χ2n) is 7.78. The lowest BCUT2D eigenvalue weighted by Gasteiger charge is -2.35. The first-order valence-electron chi connectivity index (χ1n) is 9.31. The molecule has 7 heteroatoms. The molecule has 0 saturated carbocycles. The van der Waals surface area contributed by atoms with E-state index >= 15 is 0 Å². The van der Waals surface area contributed by atoms with E-state index < -0.39 is 16.1 Å². The Morgan fingerprint density at radius 1 is 1.18 bits per heavy atom. The Hall–Kier alpha value is -2.54. The molecule has 2 aromatic rings. The molecule has 0 radical (unpaired) electrons. The molecule has 0 fully saturated rings. The predicted octanol–water partition coefficient (Wildman–Crippen LogP) is 3.08. The van der Waals surface area contributed by atoms with Crippen LogP contribution in [-0.2, 0) is 20.2 Å². The minimum atomic E-state index is -3.85. The van der Waals surface area contributed by atoms with Crippen molar-refractivity contribution in [3.8, 4) is 5.75 Å². The summed E-state index contributed by atoms with van der Waals surface area (Å²) in [6.45, 7) is 8.36. The van der Waals surface area contributed by atoms with Gasteiger partial charge in [0.1, 0.15) is 5.75 Å². The summed E-state index contributed by atoms with van der Waals surface area (Å²) in [5, 5.41) is 2.71.